The second kappa shape index (κ2) is 6.04. The van der Waals surface area contributed by atoms with Crippen LogP contribution in [0, 0.1) is 13.8 Å². The van der Waals surface area contributed by atoms with Gasteiger partial charge in [0.1, 0.15) is 11.3 Å². The molecule has 0 bridgehead atoms. The molecular formula is C19H21N3O3. The first-order chi connectivity index (χ1) is 12.1. The molecule has 6 heteroatoms. The molecule has 1 saturated heterocycles. The van der Waals surface area contributed by atoms with E-state index in [9.17, 15) is 4.79 Å². The van der Waals surface area contributed by atoms with E-state index in [1.165, 1.54) is 0 Å². The Morgan fingerprint density at radius 3 is 2.56 bits per heavy atom. The molecule has 25 heavy (non-hydrogen) atoms. The van der Waals surface area contributed by atoms with Crippen LogP contribution in [0.25, 0.3) is 22.1 Å². The SMILES string of the molecule is Cc1noc(C)c1-c1ccc(C(=O)N2CCN(C)CC2)c2occc12. The van der Waals surface area contributed by atoms with Gasteiger partial charge in [-0.3, -0.25) is 4.79 Å². The summed E-state index contributed by atoms with van der Waals surface area (Å²) in [5.74, 6) is 0.788. The topological polar surface area (TPSA) is 62.7 Å². The van der Waals surface area contributed by atoms with Gasteiger partial charge in [0.2, 0.25) is 0 Å². The van der Waals surface area contributed by atoms with Crippen molar-refractivity contribution in [2.45, 2.75) is 13.8 Å². The molecule has 0 saturated carbocycles. The van der Waals surface area contributed by atoms with Gasteiger partial charge >= 0.3 is 0 Å². The molecule has 1 aromatic carbocycles. The Labute approximate surface area is 146 Å². The largest absolute Gasteiger partial charge is 0.463 e. The number of hydrogen-bond acceptors (Lipinski definition) is 5. The maximum absolute atomic E-state index is 13.0. The average Bonchev–Trinajstić information content (AvgIpc) is 3.22. The number of aryl methyl sites for hydroxylation is 2. The maximum atomic E-state index is 13.0. The van der Waals surface area contributed by atoms with Crippen LogP contribution in [-0.4, -0.2) is 54.1 Å². The molecule has 1 aliphatic heterocycles. The molecule has 130 valence electrons. The summed E-state index contributed by atoms with van der Waals surface area (Å²) in [5, 5.41) is 4.95. The molecule has 3 heterocycles. The lowest BCUT2D eigenvalue weighted by atomic mass is 9.98. The fourth-order valence-electron chi connectivity index (χ4n) is 3.50. The Morgan fingerprint density at radius 1 is 1.12 bits per heavy atom. The molecule has 0 N–H and O–H groups in total. The van der Waals surface area contributed by atoms with Crippen molar-refractivity contribution < 1.29 is 13.7 Å². The van der Waals surface area contributed by atoms with Crippen molar-refractivity contribution in [2.24, 2.45) is 0 Å². The molecule has 0 aliphatic carbocycles. The van der Waals surface area contributed by atoms with Crippen molar-refractivity contribution in [3.63, 3.8) is 0 Å². The van der Waals surface area contributed by atoms with Gasteiger partial charge in [-0.05, 0) is 38.6 Å². The van der Waals surface area contributed by atoms with E-state index in [1.54, 1.807) is 6.26 Å². The Balaban J connectivity index is 1.77. The first-order valence-electron chi connectivity index (χ1n) is 8.47. The normalized spacial score (nSPS) is 15.9. The Morgan fingerprint density at radius 2 is 1.88 bits per heavy atom. The Bertz CT molecular complexity index is 913. The zero-order chi connectivity index (χ0) is 17.6. The van der Waals surface area contributed by atoms with Gasteiger partial charge in [-0.2, -0.15) is 0 Å². The van der Waals surface area contributed by atoms with E-state index in [1.807, 2.05) is 36.9 Å². The lowest BCUT2D eigenvalue weighted by molar-refractivity contribution is 0.0665. The number of nitrogens with zero attached hydrogens (tertiary/aromatic N) is 3. The minimum absolute atomic E-state index is 0.0263. The van der Waals surface area contributed by atoms with Crippen LogP contribution < -0.4 is 0 Å². The lowest BCUT2D eigenvalue weighted by Crippen LogP contribution is -2.47. The second-order valence-electron chi connectivity index (χ2n) is 6.62. The molecule has 0 radical (unpaired) electrons. The van der Waals surface area contributed by atoms with E-state index >= 15 is 0 Å². The summed E-state index contributed by atoms with van der Waals surface area (Å²) in [6.07, 6.45) is 1.63. The Kier molecular flexibility index (Phi) is 3.84. The monoisotopic (exact) mass is 339 g/mol. The molecule has 0 spiro atoms. The fraction of sp³-hybridized carbons (Fsp3) is 0.368. The van der Waals surface area contributed by atoms with E-state index in [2.05, 4.69) is 17.1 Å². The molecule has 3 aromatic rings. The third kappa shape index (κ3) is 2.62. The van der Waals surface area contributed by atoms with Crippen molar-refractivity contribution in [3.05, 3.63) is 41.5 Å². The summed E-state index contributed by atoms with van der Waals surface area (Å²) in [6.45, 7) is 7.08. The van der Waals surface area contributed by atoms with Crippen molar-refractivity contribution in [3.8, 4) is 11.1 Å². The van der Waals surface area contributed by atoms with E-state index < -0.39 is 0 Å². The van der Waals surface area contributed by atoms with Gasteiger partial charge in [-0.15, -0.1) is 0 Å². The predicted molar refractivity (Wildman–Crippen MR) is 94.6 cm³/mol. The number of likely N-dealkylation sites (N-methyl/N-ethyl adjacent to an activating group) is 1. The molecule has 1 fully saturated rings. The molecule has 0 atom stereocenters. The number of furan rings is 1. The molecule has 4 rings (SSSR count). The van der Waals surface area contributed by atoms with Crippen molar-refractivity contribution in [1.82, 2.24) is 15.0 Å². The standard InChI is InChI=1S/C19H21N3O3/c1-12-17(13(2)25-20-12)14-4-5-16(18-15(14)6-11-24-18)19(23)22-9-7-21(3)8-10-22/h4-6,11H,7-10H2,1-3H3. The van der Waals surface area contributed by atoms with Crippen LogP contribution >= 0.6 is 0 Å². The highest BCUT2D eigenvalue weighted by atomic mass is 16.5. The number of rotatable bonds is 2. The summed E-state index contributed by atoms with van der Waals surface area (Å²) >= 11 is 0. The zero-order valence-corrected chi connectivity index (χ0v) is 14.7. The van der Waals surface area contributed by atoms with Crippen molar-refractivity contribution >= 4 is 16.9 Å². The minimum atomic E-state index is 0.0263. The summed E-state index contributed by atoms with van der Waals surface area (Å²) in [7, 11) is 2.07. The van der Waals surface area contributed by atoms with Crippen LogP contribution in [0.1, 0.15) is 21.8 Å². The van der Waals surface area contributed by atoms with Crippen LogP contribution in [0.4, 0.5) is 0 Å². The van der Waals surface area contributed by atoms with Gasteiger partial charge in [0.05, 0.1) is 17.5 Å². The van der Waals surface area contributed by atoms with E-state index in [-0.39, 0.29) is 5.91 Å². The van der Waals surface area contributed by atoms with Gasteiger partial charge in [0, 0.05) is 37.1 Å². The van der Waals surface area contributed by atoms with Crippen LogP contribution in [0.2, 0.25) is 0 Å². The van der Waals surface area contributed by atoms with E-state index in [0.717, 1.165) is 54.1 Å². The van der Waals surface area contributed by atoms with Crippen LogP contribution in [0.15, 0.2) is 33.4 Å². The van der Waals surface area contributed by atoms with Gasteiger partial charge < -0.3 is 18.7 Å². The number of fused-ring (bicyclic) bond motifs is 1. The van der Waals surface area contributed by atoms with Crippen LogP contribution in [-0.2, 0) is 0 Å². The molecule has 2 aromatic heterocycles. The number of aromatic nitrogens is 1. The molecular weight excluding hydrogens is 318 g/mol. The van der Waals surface area contributed by atoms with E-state index in [4.69, 9.17) is 8.94 Å². The first-order valence-corrected chi connectivity index (χ1v) is 8.47. The van der Waals surface area contributed by atoms with Crippen LogP contribution in [0.3, 0.4) is 0 Å². The summed E-state index contributed by atoms with van der Waals surface area (Å²) in [4.78, 5) is 17.1. The Hall–Kier alpha value is -2.60. The van der Waals surface area contributed by atoms with Gasteiger partial charge in [0.15, 0.2) is 0 Å². The highest BCUT2D eigenvalue weighted by Gasteiger charge is 2.25. The molecule has 1 amide bonds. The summed E-state index contributed by atoms with van der Waals surface area (Å²) < 4.78 is 11.0. The van der Waals surface area contributed by atoms with E-state index in [0.29, 0.717) is 11.1 Å². The molecule has 0 unspecified atom stereocenters. The third-order valence-corrected chi connectivity index (χ3v) is 4.94. The van der Waals surface area contributed by atoms with Crippen molar-refractivity contribution in [1.29, 1.82) is 0 Å². The second-order valence-corrected chi connectivity index (χ2v) is 6.62. The molecule has 6 nitrogen and oxygen atoms in total. The predicted octanol–water partition coefficient (Wildman–Crippen LogP) is 3.09. The summed E-state index contributed by atoms with van der Waals surface area (Å²) in [6, 6.07) is 5.72. The number of carbonyl (C=O) groups is 1. The highest BCUT2D eigenvalue weighted by Crippen LogP contribution is 2.35. The molecule has 1 aliphatic rings. The van der Waals surface area contributed by atoms with Gasteiger partial charge in [0.25, 0.3) is 5.91 Å². The number of benzene rings is 1. The quantitative estimate of drug-likeness (QED) is 0.718. The number of hydrogen-bond donors (Lipinski definition) is 0. The average molecular weight is 339 g/mol. The number of piperazine rings is 1. The summed E-state index contributed by atoms with van der Waals surface area (Å²) in [5.41, 5.74) is 4.01. The van der Waals surface area contributed by atoms with Gasteiger partial charge in [-0.25, -0.2) is 0 Å². The lowest BCUT2D eigenvalue weighted by Gasteiger charge is -2.32. The highest BCUT2D eigenvalue weighted by molar-refractivity contribution is 6.09. The van der Waals surface area contributed by atoms with Crippen LogP contribution in [0.5, 0.6) is 0 Å². The smallest absolute Gasteiger partial charge is 0.257 e. The fourth-order valence-corrected chi connectivity index (χ4v) is 3.50. The van der Waals surface area contributed by atoms with Crippen molar-refractivity contribution in [2.75, 3.05) is 33.2 Å². The minimum Gasteiger partial charge on any atom is -0.463 e. The zero-order valence-electron chi connectivity index (χ0n) is 14.7. The maximum Gasteiger partial charge on any atom is 0.257 e. The number of carbonyl (C=O) groups excluding carboxylic acids is 1. The van der Waals surface area contributed by atoms with Gasteiger partial charge in [-0.1, -0.05) is 11.2 Å². The first kappa shape index (κ1) is 15.9. The third-order valence-electron chi connectivity index (χ3n) is 4.94. The number of amides is 1.